The topological polar surface area (TPSA) is 90.3 Å². The molecule has 0 spiro atoms. The molecule has 0 radical (unpaired) electrons. The van der Waals surface area contributed by atoms with Crippen LogP contribution >= 0.6 is 34.5 Å². The highest BCUT2D eigenvalue weighted by Crippen LogP contribution is 2.33. The molecule has 10 heteroatoms. The van der Waals surface area contributed by atoms with Gasteiger partial charge in [-0.25, -0.2) is 4.98 Å². The molecule has 1 amide bonds. The molecule has 1 aromatic carbocycles. The zero-order valence-electron chi connectivity index (χ0n) is 16.5. The third kappa shape index (κ3) is 4.76. The van der Waals surface area contributed by atoms with Crippen LogP contribution < -0.4 is 10.9 Å². The lowest BCUT2D eigenvalue weighted by molar-refractivity contribution is -0.147. The van der Waals surface area contributed by atoms with Gasteiger partial charge in [0, 0.05) is 11.4 Å². The van der Waals surface area contributed by atoms with Crippen molar-refractivity contribution in [1.82, 2.24) is 9.55 Å². The van der Waals surface area contributed by atoms with Gasteiger partial charge in [-0.15, -0.1) is 11.3 Å². The van der Waals surface area contributed by atoms with Gasteiger partial charge in [-0.2, -0.15) is 0 Å². The fourth-order valence-electron chi connectivity index (χ4n) is 3.56. The Balaban J connectivity index is 1.35. The number of halogens is 2. The number of benzene rings is 1. The number of esters is 1. The van der Waals surface area contributed by atoms with E-state index in [1.54, 1.807) is 29.5 Å². The number of rotatable bonds is 6. The van der Waals surface area contributed by atoms with Gasteiger partial charge in [0.15, 0.2) is 6.61 Å². The number of carbonyl (C=O) groups is 2. The smallest absolute Gasteiger partial charge is 0.308 e. The van der Waals surface area contributed by atoms with Gasteiger partial charge >= 0.3 is 5.97 Å². The molecule has 4 rings (SSSR count). The summed E-state index contributed by atoms with van der Waals surface area (Å²) in [5, 5.41) is 3.76. The van der Waals surface area contributed by atoms with Crippen LogP contribution in [-0.4, -0.2) is 28.0 Å². The van der Waals surface area contributed by atoms with E-state index < -0.39 is 18.5 Å². The Morgan fingerprint density at radius 3 is 2.71 bits per heavy atom. The average molecular weight is 480 g/mol. The SMILES string of the molecule is O=C(COC(=O)CCn1cnc2sc3c(c2c1=O)CCCC3)Nc1c(Cl)cccc1Cl. The molecule has 2 heterocycles. The Labute approximate surface area is 191 Å². The number of hydrogen-bond donors (Lipinski definition) is 1. The van der Waals surface area contributed by atoms with Gasteiger partial charge in [0.05, 0.1) is 33.9 Å². The number of carbonyl (C=O) groups excluding carboxylic acids is 2. The summed E-state index contributed by atoms with van der Waals surface area (Å²) in [5.74, 6) is -1.16. The molecule has 7 nitrogen and oxygen atoms in total. The standard InChI is InChI=1S/C21H19Cl2N3O4S/c22-13-5-3-6-14(23)19(13)25-16(27)10-30-17(28)8-9-26-11-24-20-18(21(26)29)12-4-1-2-7-15(12)31-20/h3,5-6,11H,1-2,4,7-10H2,(H,25,27). The number of amides is 1. The van der Waals surface area contributed by atoms with Crippen molar-refractivity contribution in [3.8, 4) is 0 Å². The second kappa shape index (κ2) is 9.38. The van der Waals surface area contributed by atoms with Crippen LogP contribution in [0.2, 0.25) is 10.0 Å². The zero-order chi connectivity index (χ0) is 22.0. The third-order valence-corrected chi connectivity index (χ3v) is 6.92. The van der Waals surface area contributed by atoms with Crippen LogP contribution in [0.25, 0.3) is 10.2 Å². The predicted octanol–water partition coefficient (Wildman–Crippen LogP) is 4.22. The van der Waals surface area contributed by atoms with Gasteiger partial charge in [-0.1, -0.05) is 29.3 Å². The van der Waals surface area contributed by atoms with E-state index in [4.69, 9.17) is 27.9 Å². The first kappa shape index (κ1) is 21.8. The molecule has 0 saturated heterocycles. The molecule has 0 atom stereocenters. The highest BCUT2D eigenvalue weighted by Gasteiger charge is 2.20. The fraction of sp³-hybridized carbons (Fsp3) is 0.333. The Kier molecular flexibility index (Phi) is 6.60. The lowest BCUT2D eigenvalue weighted by Crippen LogP contribution is -2.25. The zero-order valence-corrected chi connectivity index (χ0v) is 18.8. The summed E-state index contributed by atoms with van der Waals surface area (Å²) in [7, 11) is 0. The predicted molar refractivity (Wildman–Crippen MR) is 121 cm³/mol. The van der Waals surface area contributed by atoms with E-state index in [-0.39, 0.29) is 34.3 Å². The van der Waals surface area contributed by atoms with Crippen molar-refractivity contribution >= 4 is 62.3 Å². The van der Waals surface area contributed by atoms with Crippen LogP contribution in [0, 0.1) is 0 Å². The molecule has 31 heavy (non-hydrogen) atoms. The second-order valence-electron chi connectivity index (χ2n) is 7.19. The number of anilines is 1. The van der Waals surface area contributed by atoms with Crippen LogP contribution in [0.1, 0.15) is 29.7 Å². The maximum absolute atomic E-state index is 12.9. The van der Waals surface area contributed by atoms with Crippen molar-refractivity contribution in [3.63, 3.8) is 0 Å². The molecular formula is C21H19Cl2N3O4S. The molecule has 162 valence electrons. The van der Waals surface area contributed by atoms with Crippen LogP contribution in [-0.2, 0) is 33.7 Å². The van der Waals surface area contributed by atoms with Crippen LogP contribution in [0.4, 0.5) is 5.69 Å². The van der Waals surface area contributed by atoms with Crippen molar-refractivity contribution in [2.24, 2.45) is 0 Å². The minimum atomic E-state index is -0.597. The number of ether oxygens (including phenoxy) is 1. The Bertz CT molecular complexity index is 1200. The first-order chi connectivity index (χ1) is 14.9. The summed E-state index contributed by atoms with van der Waals surface area (Å²) in [4.78, 5) is 43.4. The van der Waals surface area contributed by atoms with E-state index in [2.05, 4.69) is 10.3 Å². The first-order valence-electron chi connectivity index (χ1n) is 9.83. The molecule has 1 aliphatic carbocycles. The van der Waals surface area contributed by atoms with Gasteiger partial charge in [0.1, 0.15) is 4.83 Å². The molecule has 3 aromatic rings. The van der Waals surface area contributed by atoms with Gasteiger partial charge in [0.2, 0.25) is 0 Å². The van der Waals surface area contributed by atoms with Gasteiger partial charge in [-0.3, -0.25) is 19.0 Å². The molecule has 0 saturated carbocycles. The highest BCUT2D eigenvalue weighted by atomic mass is 35.5. The van der Waals surface area contributed by atoms with Gasteiger partial charge < -0.3 is 10.1 Å². The fourth-order valence-corrected chi connectivity index (χ4v) is 5.27. The molecule has 0 fully saturated rings. The van der Waals surface area contributed by atoms with Gasteiger partial charge in [-0.05, 0) is 43.4 Å². The molecule has 0 unspecified atom stereocenters. The molecule has 0 bridgehead atoms. The minimum absolute atomic E-state index is 0.0560. The van der Waals surface area contributed by atoms with Crippen LogP contribution in [0.5, 0.6) is 0 Å². The highest BCUT2D eigenvalue weighted by molar-refractivity contribution is 7.18. The maximum atomic E-state index is 12.9. The number of thiophene rings is 1. The summed E-state index contributed by atoms with van der Waals surface area (Å²) in [6.07, 6.45) is 5.50. The van der Waals surface area contributed by atoms with E-state index in [0.29, 0.717) is 5.39 Å². The minimum Gasteiger partial charge on any atom is -0.456 e. The van der Waals surface area contributed by atoms with Crippen LogP contribution in [0.3, 0.4) is 0 Å². The number of hydrogen-bond acceptors (Lipinski definition) is 6. The van der Waals surface area contributed by atoms with Crippen molar-refractivity contribution in [2.45, 2.75) is 38.6 Å². The normalized spacial score (nSPS) is 13.1. The Morgan fingerprint density at radius 1 is 1.19 bits per heavy atom. The number of fused-ring (bicyclic) bond motifs is 3. The van der Waals surface area contributed by atoms with Crippen molar-refractivity contribution in [1.29, 1.82) is 0 Å². The Hall–Kier alpha value is -2.42. The first-order valence-corrected chi connectivity index (χ1v) is 11.4. The number of aromatic nitrogens is 2. The number of aryl methyl sites for hydroxylation is 3. The summed E-state index contributed by atoms with van der Waals surface area (Å²) in [6, 6.07) is 4.82. The van der Waals surface area contributed by atoms with E-state index in [0.717, 1.165) is 36.1 Å². The number of para-hydroxylation sites is 1. The maximum Gasteiger partial charge on any atom is 0.308 e. The van der Waals surface area contributed by atoms with E-state index in [1.807, 2.05) is 0 Å². The third-order valence-electron chi connectivity index (χ3n) is 5.09. The number of nitrogens with zero attached hydrogens (tertiary/aromatic N) is 2. The van der Waals surface area contributed by atoms with Crippen molar-refractivity contribution in [2.75, 3.05) is 11.9 Å². The lowest BCUT2D eigenvalue weighted by atomic mass is 9.97. The summed E-state index contributed by atoms with van der Waals surface area (Å²) >= 11 is 13.6. The molecule has 1 N–H and O–H groups in total. The van der Waals surface area contributed by atoms with Crippen LogP contribution in [0.15, 0.2) is 29.3 Å². The van der Waals surface area contributed by atoms with E-state index in [9.17, 15) is 14.4 Å². The van der Waals surface area contributed by atoms with Crippen molar-refractivity contribution in [3.05, 3.63) is 55.4 Å². The second-order valence-corrected chi connectivity index (χ2v) is 9.09. The Morgan fingerprint density at radius 2 is 1.94 bits per heavy atom. The average Bonchev–Trinajstić information content (AvgIpc) is 3.14. The van der Waals surface area contributed by atoms with Gasteiger partial charge in [0.25, 0.3) is 11.5 Å². The number of nitrogens with one attached hydrogen (secondary N) is 1. The quantitative estimate of drug-likeness (QED) is 0.534. The van der Waals surface area contributed by atoms with E-state index in [1.165, 1.54) is 15.8 Å². The summed E-state index contributed by atoms with van der Waals surface area (Å²) < 4.78 is 6.43. The largest absolute Gasteiger partial charge is 0.456 e. The van der Waals surface area contributed by atoms with Crippen molar-refractivity contribution < 1.29 is 14.3 Å². The molecule has 2 aromatic heterocycles. The monoisotopic (exact) mass is 479 g/mol. The lowest BCUT2D eigenvalue weighted by Gasteiger charge is -2.11. The molecular weight excluding hydrogens is 461 g/mol. The van der Waals surface area contributed by atoms with E-state index >= 15 is 0 Å². The summed E-state index contributed by atoms with van der Waals surface area (Å²) in [5.41, 5.74) is 1.23. The summed E-state index contributed by atoms with van der Waals surface area (Å²) in [6.45, 7) is -0.353. The molecule has 1 aliphatic rings. The molecule has 0 aliphatic heterocycles.